The largest absolute Gasteiger partial charge is 0.314 e. The highest BCUT2D eigenvalue weighted by Gasteiger charge is 2.40. The normalized spacial score (nSPS) is 28.7. The van der Waals surface area contributed by atoms with Crippen molar-refractivity contribution in [1.82, 2.24) is 10.2 Å². The molecule has 21 heavy (non-hydrogen) atoms. The second-order valence-corrected chi connectivity index (χ2v) is 6.21. The third-order valence-electron chi connectivity index (χ3n) is 4.89. The van der Waals surface area contributed by atoms with E-state index < -0.39 is 0 Å². The molecule has 1 aromatic carbocycles. The van der Waals surface area contributed by atoms with Crippen LogP contribution < -0.4 is 5.32 Å². The van der Waals surface area contributed by atoms with Crippen LogP contribution in [0, 0.1) is 10.1 Å². The van der Waals surface area contributed by atoms with Crippen molar-refractivity contribution in [1.29, 1.82) is 0 Å². The Balaban J connectivity index is 1.64. The van der Waals surface area contributed by atoms with E-state index in [1.807, 2.05) is 12.1 Å². The lowest BCUT2D eigenvalue weighted by molar-refractivity contribution is -0.384. The molecular formula is C16H23N3O2. The summed E-state index contributed by atoms with van der Waals surface area (Å²) in [5.41, 5.74) is 1.35. The van der Waals surface area contributed by atoms with E-state index in [2.05, 4.69) is 17.1 Å². The van der Waals surface area contributed by atoms with Crippen molar-refractivity contribution >= 4 is 5.69 Å². The van der Waals surface area contributed by atoms with E-state index in [0.29, 0.717) is 18.1 Å². The monoisotopic (exact) mass is 289 g/mol. The topological polar surface area (TPSA) is 58.4 Å². The minimum atomic E-state index is -0.338. The maximum Gasteiger partial charge on any atom is 0.269 e. The van der Waals surface area contributed by atoms with Crippen molar-refractivity contribution in [3.63, 3.8) is 0 Å². The number of nitro groups is 1. The number of fused-ring (bicyclic) bond motifs is 2. The first-order valence-electron chi connectivity index (χ1n) is 7.90. The van der Waals surface area contributed by atoms with Gasteiger partial charge in [-0.25, -0.2) is 0 Å². The van der Waals surface area contributed by atoms with Gasteiger partial charge in [0.15, 0.2) is 0 Å². The molecule has 2 saturated heterocycles. The van der Waals surface area contributed by atoms with Crippen LogP contribution in [-0.4, -0.2) is 34.5 Å². The van der Waals surface area contributed by atoms with Crippen LogP contribution in [0.3, 0.4) is 0 Å². The molecule has 2 bridgehead atoms. The van der Waals surface area contributed by atoms with E-state index in [9.17, 15) is 10.1 Å². The van der Waals surface area contributed by atoms with E-state index >= 15 is 0 Å². The van der Waals surface area contributed by atoms with Crippen molar-refractivity contribution in [3.8, 4) is 0 Å². The molecule has 5 heteroatoms. The molecule has 2 aliphatic heterocycles. The molecule has 0 radical (unpaired) electrons. The van der Waals surface area contributed by atoms with Gasteiger partial charge in [0.25, 0.3) is 5.69 Å². The number of nitrogens with one attached hydrogen (secondary N) is 1. The number of hydrogen-bond donors (Lipinski definition) is 1. The molecule has 1 N–H and O–H groups in total. The van der Waals surface area contributed by atoms with Gasteiger partial charge in [0, 0.05) is 36.8 Å². The van der Waals surface area contributed by atoms with Crippen molar-refractivity contribution in [2.75, 3.05) is 6.54 Å². The predicted octanol–water partition coefficient (Wildman–Crippen LogP) is 2.70. The zero-order valence-corrected chi connectivity index (χ0v) is 12.5. The fraction of sp³-hybridized carbons (Fsp3) is 0.625. The average Bonchev–Trinajstić information content (AvgIpc) is 2.71. The van der Waals surface area contributed by atoms with Gasteiger partial charge in [-0.3, -0.25) is 15.0 Å². The van der Waals surface area contributed by atoms with Crippen LogP contribution in [0.5, 0.6) is 0 Å². The Morgan fingerprint density at radius 3 is 2.38 bits per heavy atom. The van der Waals surface area contributed by atoms with E-state index in [4.69, 9.17) is 0 Å². The molecule has 114 valence electrons. The number of nitro benzene ring substituents is 1. The Hall–Kier alpha value is -1.46. The molecule has 0 saturated carbocycles. The summed E-state index contributed by atoms with van der Waals surface area (Å²) in [5.74, 6) is 0. The number of nitrogens with zero attached hydrogens (tertiary/aromatic N) is 2. The Morgan fingerprint density at radius 2 is 1.86 bits per heavy atom. The lowest BCUT2D eigenvalue weighted by Gasteiger charge is -2.39. The maximum absolute atomic E-state index is 10.7. The number of rotatable bonds is 5. The number of piperidine rings is 1. The zero-order valence-electron chi connectivity index (χ0n) is 12.5. The molecule has 3 rings (SSSR count). The fourth-order valence-corrected chi connectivity index (χ4v) is 3.92. The van der Waals surface area contributed by atoms with E-state index in [1.165, 1.54) is 31.2 Å². The minimum Gasteiger partial charge on any atom is -0.314 e. The highest BCUT2D eigenvalue weighted by atomic mass is 16.6. The summed E-state index contributed by atoms with van der Waals surface area (Å²) in [7, 11) is 0. The Labute approximate surface area is 125 Å². The van der Waals surface area contributed by atoms with Gasteiger partial charge < -0.3 is 5.32 Å². The Bertz CT molecular complexity index is 489. The first-order valence-corrected chi connectivity index (χ1v) is 7.90. The lowest BCUT2D eigenvalue weighted by atomic mass is 9.96. The van der Waals surface area contributed by atoms with Crippen LogP contribution in [0.25, 0.3) is 0 Å². The first kappa shape index (κ1) is 14.5. The molecule has 2 unspecified atom stereocenters. The molecule has 0 aromatic heterocycles. The molecule has 2 heterocycles. The summed E-state index contributed by atoms with van der Waals surface area (Å²) < 4.78 is 0. The van der Waals surface area contributed by atoms with Crippen molar-refractivity contribution < 1.29 is 4.92 Å². The Kier molecular flexibility index (Phi) is 4.22. The molecule has 0 amide bonds. The number of non-ortho nitro benzene ring substituents is 1. The molecule has 0 spiro atoms. The second kappa shape index (κ2) is 6.12. The van der Waals surface area contributed by atoms with Crippen LogP contribution in [-0.2, 0) is 6.54 Å². The summed E-state index contributed by atoms with van der Waals surface area (Å²) in [6.07, 6.45) is 5.05. The zero-order chi connectivity index (χ0) is 14.8. The molecule has 2 fully saturated rings. The molecule has 0 aliphatic carbocycles. The summed E-state index contributed by atoms with van der Waals surface area (Å²) in [6, 6.07) is 9.03. The van der Waals surface area contributed by atoms with Crippen molar-refractivity contribution in [2.45, 2.75) is 57.3 Å². The summed E-state index contributed by atoms with van der Waals surface area (Å²) in [6.45, 7) is 4.14. The summed E-state index contributed by atoms with van der Waals surface area (Å²) >= 11 is 0. The van der Waals surface area contributed by atoms with Crippen LogP contribution in [0.1, 0.15) is 38.2 Å². The van der Waals surface area contributed by atoms with Crippen LogP contribution in [0.2, 0.25) is 0 Å². The number of hydrogen-bond acceptors (Lipinski definition) is 4. The molecular weight excluding hydrogens is 266 g/mol. The van der Waals surface area contributed by atoms with Gasteiger partial charge in [-0.2, -0.15) is 0 Å². The van der Waals surface area contributed by atoms with E-state index in [-0.39, 0.29) is 10.6 Å². The van der Waals surface area contributed by atoms with Gasteiger partial charge in [-0.05, 0) is 37.8 Å². The molecule has 2 aliphatic rings. The standard InChI is InChI=1S/C16H23N3O2/c1-2-17-13-9-15-7-8-16(10-13)18(15)11-12-3-5-14(6-4-12)19(20)21/h3-6,13,15-17H,2,7-11H2,1H3. The van der Waals surface area contributed by atoms with Crippen LogP contribution >= 0.6 is 0 Å². The molecule has 2 atom stereocenters. The second-order valence-electron chi connectivity index (χ2n) is 6.21. The summed E-state index contributed by atoms with van der Waals surface area (Å²) in [4.78, 5) is 13.0. The SMILES string of the molecule is CCNC1CC2CCC(C1)N2Cc1ccc([N+](=O)[O-])cc1. The van der Waals surface area contributed by atoms with Gasteiger partial charge in [0.2, 0.25) is 0 Å². The van der Waals surface area contributed by atoms with Crippen molar-refractivity contribution in [3.05, 3.63) is 39.9 Å². The average molecular weight is 289 g/mol. The highest BCUT2D eigenvalue weighted by Crippen LogP contribution is 2.36. The third-order valence-corrected chi connectivity index (χ3v) is 4.89. The minimum absolute atomic E-state index is 0.174. The van der Waals surface area contributed by atoms with Crippen molar-refractivity contribution in [2.24, 2.45) is 0 Å². The van der Waals surface area contributed by atoms with Gasteiger partial charge in [-0.1, -0.05) is 19.1 Å². The summed E-state index contributed by atoms with van der Waals surface area (Å²) in [5, 5.41) is 14.3. The van der Waals surface area contributed by atoms with E-state index in [0.717, 1.165) is 13.1 Å². The lowest BCUT2D eigenvalue weighted by Crippen LogP contribution is -2.48. The van der Waals surface area contributed by atoms with Gasteiger partial charge in [0.05, 0.1) is 4.92 Å². The van der Waals surface area contributed by atoms with Gasteiger partial charge >= 0.3 is 0 Å². The quantitative estimate of drug-likeness (QED) is 0.669. The van der Waals surface area contributed by atoms with Gasteiger partial charge in [-0.15, -0.1) is 0 Å². The first-order chi connectivity index (χ1) is 10.2. The third kappa shape index (κ3) is 3.09. The fourth-order valence-electron chi connectivity index (χ4n) is 3.92. The Morgan fingerprint density at radius 1 is 1.24 bits per heavy atom. The molecule has 1 aromatic rings. The number of benzene rings is 1. The van der Waals surface area contributed by atoms with E-state index in [1.54, 1.807) is 12.1 Å². The predicted molar refractivity (Wildman–Crippen MR) is 82.1 cm³/mol. The smallest absolute Gasteiger partial charge is 0.269 e. The van der Waals surface area contributed by atoms with Crippen LogP contribution in [0.15, 0.2) is 24.3 Å². The van der Waals surface area contributed by atoms with Gasteiger partial charge in [0.1, 0.15) is 0 Å². The molecule has 5 nitrogen and oxygen atoms in total. The highest BCUT2D eigenvalue weighted by molar-refractivity contribution is 5.33. The van der Waals surface area contributed by atoms with Crippen LogP contribution in [0.4, 0.5) is 5.69 Å². The maximum atomic E-state index is 10.7.